The Morgan fingerprint density at radius 3 is 2.27 bits per heavy atom. The highest BCUT2D eigenvalue weighted by molar-refractivity contribution is 7.92. The lowest BCUT2D eigenvalue weighted by Gasteiger charge is -2.32. The second-order valence-corrected chi connectivity index (χ2v) is 11.1. The first kappa shape index (κ1) is 30.2. The van der Waals surface area contributed by atoms with Crippen molar-refractivity contribution in [3.05, 3.63) is 100 Å². The summed E-state index contributed by atoms with van der Waals surface area (Å²) in [6.45, 7) is 4.04. The zero-order valence-electron chi connectivity index (χ0n) is 22.4. The van der Waals surface area contributed by atoms with Crippen LogP contribution in [0.5, 0.6) is 0 Å². The van der Waals surface area contributed by atoms with Crippen LogP contribution in [-0.2, 0) is 26.2 Å². The van der Waals surface area contributed by atoms with Gasteiger partial charge in [0.15, 0.2) is 0 Å². The number of hydrogen-bond donors (Lipinski definition) is 1. The van der Waals surface area contributed by atoms with Gasteiger partial charge >= 0.3 is 0 Å². The Balaban J connectivity index is 2.07. The molecule has 3 aromatic rings. The predicted octanol–water partition coefficient (Wildman–Crippen LogP) is 4.26. The SMILES string of the molecule is CC[C@@H](C)NC(=O)[C@@H](C)N(Cc1ccccc1F)C(=O)CN(c1cccc([N+](=O)[O-])c1)S(=O)(=O)c1ccccc1. The third-order valence-corrected chi connectivity index (χ3v) is 8.19. The van der Waals surface area contributed by atoms with Crippen molar-refractivity contribution in [1.82, 2.24) is 10.2 Å². The lowest BCUT2D eigenvalue weighted by Crippen LogP contribution is -2.52. The van der Waals surface area contributed by atoms with E-state index >= 15 is 0 Å². The molecule has 0 aliphatic carbocycles. The highest BCUT2D eigenvalue weighted by atomic mass is 32.2. The van der Waals surface area contributed by atoms with Gasteiger partial charge in [0.05, 0.1) is 15.5 Å². The van der Waals surface area contributed by atoms with Gasteiger partial charge in [-0.1, -0.05) is 49.4 Å². The number of anilines is 1. The van der Waals surface area contributed by atoms with Crippen LogP contribution in [0, 0.1) is 15.9 Å². The highest BCUT2D eigenvalue weighted by Gasteiger charge is 2.33. The number of rotatable bonds is 12. The van der Waals surface area contributed by atoms with Crippen LogP contribution in [0.3, 0.4) is 0 Å². The van der Waals surface area contributed by atoms with Crippen molar-refractivity contribution in [3.63, 3.8) is 0 Å². The van der Waals surface area contributed by atoms with Gasteiger partial charge in [0.2, 0.25) is 11.8 Å². The maximum Gasteiger partial charge on any atom is 0.271 e. The minimum absolute atomic E-state index is 0.117. The molecule has 0 aliphatic rings. The molecule has 0 radical (unpaired) electrons. The summed E-state index contributed by atoms with van der Waals surface area (Å²) in [4.78, 5) is 38.5. The van der Waals surface area contributed by atoms with Crippen molar-refractivity contribution in [2.45, 2.75) is 50.7 Å². The van der Waals surface area contributed by atoms with Crippen LogP contribution in [0.15, 0.2) is 83.8 Å². The van der Waals surface area contributed by atoms with E-state index in [0.717, 1.165) is 15.3 Å². The van der Waals surface area contributed by atoms with E-state index in [4.69, 9.17) is 0 Å². The van der Waals surface area contributed by atoms with E-state index in [1.807, 2.05) is 6.92 Å². The van der Waals surface area contributed by atoms with Crippen molar-refractivity contribution < 1.29 is 27.3 Å². The molecule has 0 spiro atoms. The number of nitrogens with one attached hydrogen (secondary N) is 1. The molecule has 0 aromatic heterocycles. The summed E-state index contributed by atoms with van der Waals surface area (Å²) >= 11 is 0. The topological polar surface area (TPSA) is 130 Å². The molecule has 1 N–H and O–H groups in total. The lowest BCUT2D eigenvalue weighted by molar-refractivity contribution is -0.384. The Hall–Kier alpha value is -4.32. The molecule has 2 amide bonds. The second-order valence-electron chi connectivity index (χ2n) is 9.21. The Morgan fingerprint density at radius 2 is 1.65 bits per heavy atom. The van der Waals surface area contributed by atoms with E-state index in [-0.39, 0.29) is 34.4 Å². The van der Waals surface area contributed by atoms with Crippen LogP contribution in [0.4, 0.5) is 15.8 Å². The quantitative estimate of drug-likeness (QED) is 0.256. The van der Waals surface area contributed by atoms with E-state index in [1.165, 1.54) is 67.6 Å². The summed E-state index contributed by atoms with van der Waals surface area (Å²) < 4.78 is 42.8. The van der Waals surface area contributed by atoms with Gasteiger partial charge in [-0.15, -0.1) is 0 Å². The first-order valence-electron chi connectivity index (χ1n) is 12.6. The molecule has 0 saturated carbocycles. The Bertz CT molecular complexity index is 1470. The number of sulfonamides is 1. The molecule has 0 heterocycles. The van der Waals surface area contributed by atoms with E-state index < -0.39 is 45.2 Å². The first-order chi connectivity index (χ1) is 18.9. The van der Waals surface area contributed by atoms with Crippen LogP contribution in [0.2, 0.25) is 0 Å². The van der Waals surface area contributed by atoms with Crippen LogP contribution in [0.25, 0.3) is 0 Å². The molecule has 2 atom stereocenters. The maximum atomic E-state index is 14.6. The van der Waals surface area contributed by atoms with Gasteiger partial charge in [-0.25, -0.2) is 12.8 Å². The highest BCUT2D eigenvalue weighted by Crippen LogP contribution is 2.27. The van der Waals surface area contributed by atoms with Crippen LogP contribution in [-0.4, -0.2) is 48.7 Å². The van der Waals surface area contributed by atoms with Crippen molar-refractivity contribution in [2.24, 2.45) is 0 Å². The fraction of sp³-hybridized carbons (Fsp3) is 0.286. The molecule has 3 rings (SSSR count). The number of hydrogen-bond acceptors (Lipinski definition) is 6. The molecule has 10 nitrogen and oxygen atoms in total. The molecule has 0 fully saturated rings. The van der Waals surface area contributed by atoms with E-state index in [1.54, 1.807) is 19.1 Å². The number of benzene rings is 3. The van der Waals surface area contributed by atoms with Gasteiger partial charge in [0, 0.05) is 30.3 Å². The second kappa shape index (κ2) is 13.2. The molecule has 0 unspecified atom stereocenters. The van der Waals surface area contributed by atoms with Crippen molar-refractivity contribution in [3.8, 4) is 0 Å². The number of amides is 2. The fourth-order valence-corrected chi connectivity index (χ4v) is 5.30. The van der Waals surface area contributed by atoms with E-state index in [0.29, 0.717) is 6.42 Å². The molecular weight excluding hydrogens is 539 g/mol. The third-order valence-electron chi connectivity index (χ3n) is 6.41. The standard InChI is InChI=1S/C28H31FN4O6S/c1-4-20(2)30-28(35)21(3)31(18-22-11-8-9-16-26(22)29)27(34)19-32(23-12-10-13-24(17-23)33(36)37)40(38,39)25-14-6-5-7-15-25/h5-17,20-21H,4,18-19H2,1-3H3,(H,30,35)/t20-,21-/m1/s1. The van der Waals surface area contributed by atoms with Gasteiger partial charge in [-0.2, -0.15) is 0 Å². The van der Waals surface area contributed by atoms with Gasteiger partial charge in [-0.3, -0.25) is 24.0 Å². The maximum absolute atomic E-state index is 14.6. The minimum atomic E-state index is -4.39. The average Bonchev–Trinajstić information content (AvgIpc) is 2.95. The summed E-state index contributed by atoms with van der Waals surface area (Å²) in [5.74, 6) is -1.89. The molecular formula is C28H31FN4O6S. The monoisotopic (exact) mass is 570 g/mol. The number of nitro benzene ring substituents is 1. The summed E-state index contributed by atoms with van der Waals surface area (Å²) in [5, 5.41) is 14.2. The summed E-state index contributed by atoms with van der Waals surface area (Å²) in [6, 6.07) is 16.7. The predicted molar refractivity (Wildman–Crippen MR) is 148 cm³/mol. The van der Waals surface area contributed by atoms with Gasteiger partial charge in [-0.05, 0) is 44.5 Å². The zero-order valence-corrected chi connectivity index (χ0v) is 23.2. The van der Waals surface area contributed by atoms with Crippen LogP contribution >= 0.6 is 0 Å². The molecule has 0 bridgehead atoms. The molecule has 0 aliphatic heterocycles. The van der Waals surface area contributed by atoms with Crippen LogP contribution in [0.1, 0.15) is 32.8 Å². The third kappa shape index (κ3) is 7.20. The van der Waals surface area contributed by atoms with Gasteiger partial charge in [0.1, 0.15) is 18.4 Å². The first-order valence-corrected chi connectivity index (χ1v) is 14.0. The number of halogens is 1. The Labute approximate surface area is 232 Å². The summed E-state index contributed by atoms with van der Waals surface area (Å²) in [5.41, 5.74) is -0.358. The number of nitrogens with zero attached hydrogens (tertiary/aromatic N) is 3. The molecule has 3 aromatic carbocycles. The van der Waals surface area contributed by atoms with Crippen LogP contribution < -0.4 is 9.62 Å². The minimum Gasteiger partial charge on any atom is -0.352 e. The summed E-state index contributed by atoms with van der Waals surface area (Å²) in [7, 11) is -4.39. The van der Waals surface area contributed by atoms with Crippen molar-refractivity contribution in [2.75, 3.05) is 10.8 Å². The number of non-ortho nitro benzene ring substituents is 1. The largest absolute Gasteiger partial charge is 0.352 e. The zero-order chi connectivity index (χ0) is 29.4. The van der Waals surface area contributed by atoms with Crippen molar-refractivity contribution >= 4 is 33.2 Å². The van der Waals surface area contributed by atoms with E-state index in [2.05, 4.69) is 5.32 Å². The summed E-state index contributed by atoms with van der Waals surface area (Å²) in [6.07, 6.45) is 0.635. The lowest BCUT2D eigenvalue weighted by atomic mass is 10.1. The Kier molecular flexibility index (Phi) is 9.94. The molecule has 0 saturated heterocycles. The molecule has 12 heteroatoms. The normalized spacial score (nSPS) is 12.7. The smallest absolute Gasteiger partial charge is 0.271 e. The number of carbonyl (C=O) groups excluding carboxylic acids is 2. The number of carbonyl (C=O) groups is 2. The average molecular weight is 571 g/mol. The molecule has 212 valence electrons. The van der Waals surface area contributed by atoms with Gasteiger partial charge in [0.25, 0.3) is 15.7 Å². The number of nitro groups is 1. The molecule has 40 heavy (non-hydrogen) atoms. The van der Waals surface area contributed by atoms with Gasteiger partial charge < -0.3 is 10.2 Å². The van der Waals surface area contributed by atoms with Crippen molar-refractivity contribution in [1.29, 1.82) is 0 Å². The fourth-order valence-electron chi connectivity index (χ4n) is 3.87. The van der Waals surface area contributed by atoms with E-state index in [9.17, 15) is 32.5 Å². The Morgan fingerprint density at radius 1 is 1.00 bits per heavy atom.